The van der Waals surface area contributed by atoms with Crippen molar-refractivity contribution < 1.29 is 27.1 Å². The van der Waals surface area contributed by atoms with Gasteiger partial charge in [0.1, 0.15) is 11.5 Å². The van der Waals surface area contributed by atoms with Gasteiger partial charge in [-0.1, -0.05) is 11.6 Å². The summed E-state index contributed by atoms with van der Waals surface area (Å²) in [6.45, 7) is 4.43. The van der Waals surface area contributed by atoms with Crippen molar-refractivity contribution in [3.05, 3.63) is 39.8 Å². The van der Waals surface area contributed by atoms with Crippen LogP contribution >= 0.6 is 11.6 Å². The molecule has 4 nitrogen and oxygen atoms in total. The predicted molar refractivity (Wildman–Crippen MR) is 83.9 cm³/mol. The minimum absolute atomic E-state index is 0.148. The average molecular weight is 379 g/mol. The molecule has 2 aromatic rings. The normalized spacial score (nSPS) is 11.9. The van der Waals surface area contributed by atoms with Crippen LogP contribution in [0.15, 0.2) is 12.1 Å². The Balaban J connectivity index is 2.63. The predicted octanol–water partition coefficient (Wildman–Crippen LogP) is 4.77. The smallest absolute Gasteiger partial charge is 0.433 e. The summed E-state index contributed by atoms with van der Waals surface area (Å²) in [5, 5.41) is 3.56. The topological polar surface area (TPSA) is 44.1 Å². The molecule has 0 unspecified atom stereocenters. The first-order valence-electron chi connectivity index (χ1n) is 7.24. The lowest BCUT2D eigenvalue weighted by atomic mass is 10.0. The van der Waals surface area contributed by atoms with E-state index in [-0.39, 0.29) is 27.4 Å². The summed E-state index contributed by atoms with van der Waals surface area (Å²) >= 11 is 5.87. The Bertz CT molecular complexity index is 829. The van der Waals surface area contributed by atoms with Gasteiger partial charge >= 0.3 is 12.1 Å². The molecule has 0 fully saturated rings. The summed E-state index contributed by atoms with van der Waals surface area (Å²) in [5.74, 6) is -1.69. The minimum atomic E-state index is -4.65. The largest absolute Gasteiger partial charge is 0.459 e. The fraction of sp³-hybridized carbons (Fsp3) is 0.375. The zero-order valence-corrected chi connectivity index (χ0v) is 14.6. The molecule has 0 saturated carbocycles. The minimum Gasteiger partial charge on any atom is -0.459 e. The maximum Gasteiger partial charge on any atom is 0.433 e. The Morgan fingerprint density at radius 1 is 1.32 bits per heavy atom. The number of nitrogens with zero attached hydrogens (tertiary/aromatic N) is 2. The zero-order valence-electron chi connectivity index (χ0n) is 13.8. The van der Waals surface area contributed by atoms with E-state index in [2.05, 4.69) is 5.10 Å². The Labute approximate surface area is 146 Å². The third-order valence-electron chi connectivity index (χ3n) is 3.43. The number of hydrogen-bond acceptors (Lipinski definition) is 3. The number of carbonyl (C=O) groups excluding carboxylic acids is 1. The molecule has 0 aliphatic carbocycles. The monoisotopic (exact) mass is 378 g/mol. The lowest BCUT2D eigenvalue weighted by Crippen LogP contribution is -2.13. The molecular formula is C16H15ClF4N2O2. The first-order chi connectivity index (χ1) is 11.4. The molecule has 1 aromatic heterocycles. The van der Waals surface area contributed by atoms with Crippen molar-refractivity contribution in [2.75, 3.05) is 0 Å². The highest BCUT2D eigenvalue weighted by Gasteiger charge is 2.38. The molecule has 25 heavy (non-hydrogen) atoms. The number of hydrogen-bond donors (Lipinski definition) is 0. The van der Waals surface area contributed by atoms with Crippen LogP contribution in [-0.4, -0.2) is 21.9 Å². The Hall–Kier alpha value is -2.09. The van der Waals surface area contributed by atoms with E-state index in [1.54, 1.807) is 13.8 Å². The molecule has 1 heterocycles. The molecule has 1 aromatic carbocycles. The summed E-state index contributed by atoms with van der Waals surface area (Å²) < 4.78 is 59.2. The van der Waals surface area contributed by atoms with Crippen LogP contribution in [0.25, 0.3) is 11.3 Å². The van der Waals surface area contributed by atoms with Gasteiger partial charge in [-0.2, -0.15) is 18.3 Å². The lowest BCUT2D eigenvalue weighted by molar-refractivity contribution is -0.144. The number of halogens is 5. The molecule has 0 aliphatic heterocycles. The van der Waals surface area contributed by atoms with E-state index in [1.165, 1.54) is 6.92 Å². The summed E-state index contributed by atoms with van der Waals surface area (Å²) in [6, 6.07) is 1.91. The molecule has 0 amide bonds. The van der Waals surface area contributed by atoms with E-state index >= 15 is 0 Å². The molecule has 0 aliphatic rings. The molecular weight excluding hydrogens is 364 g/mol. The molecule has 0 bridgehead atoms. The molecule has 0 radical (unpaired) electrons. The van der Waals surface area contributed by atoms with Crippen molar-refractivity contribution in [1.29, 1.82) is 0 Å². The maximum atomic E-state index is 14.3. The first kappa shape index (κ1) is 19.2. The zero-order chi connectivity index (χ0) is 19.1. The Morgan fingerprint density at radius 2 is 1.92 bits per heavy atom. The molecule has 0 saturated heterocycles. The molecule has 0 N–H and O–H groups in total. The van der Waals surface area contributed by atoms with Crippen LogP contribution in [0.5, 0.6) is 0 Å². The number of carbonyl (C=O) groups is 1. The highest BCUT2D eigenvalue weighted by atomic mass is 35.5. The Morgan fingerprint density at radius 3 is 2.40 bits per heavy atom. The van der Waals surface area contributed by atoms with E-state index in [1.807, 2.05) is 0 Å². The fourth-order valence-electron chi connectivity index (χ4n) is 2.45. The van der Waals surface area contributed by atoms with Crippen LogP contribution in [0.2, 0.25) is 5.02 Å². The van der Waals surface area contributed by atoms with E-state index < -0.39 is 29.8 Å². The van der Waals surface area contributed by atoms with E-state index in [0.717, 1.165) is 19.2 Å². The van der Waals surface area contributed by atoms with Crippen LogP contribution in [-0.2, 0) is 18.0 Å². The van der Waals surface area contributed by atoms with Crippen molar-refractivity contribution in [2.45, 2.75) is 33.1 Å². The van der Waals surface area contributed by atoms with Crippen LogP contribution in [0.1, 0.15) is 35.5 Å². The number of esters is 1. The summed E-state index contributed by atoms with van der Waals surface area (Å²) in [7, 11) is 1.11. The van der Waals surface area contributed by atoms with Crippen LogP contribution in [0.4, 0.5) is 17.6 Å². The number of aryl methyl sites for hydroxylation is 1. The summed E-state index contributed by atoms with van der Waals surface area (Å²) in [5.41, 5.74) is -1.88. The fourth-order valence-corrected chi connectivity index (χ4v) is 2.67. The average Bonchev–Trinajstić information content (AvgIpc) is 2.72. The van der Waals surface area contributed by atoms with Crippen LogP contribution < -0.4 is 0 Å². The maximum absolute atomic E-state index is 14.3. The van der Waals surface area contributed by atoms with Gasteiger partial charge in [0.15, 0.2) is 0 Å². The number of alkyl halides is 3. The molecule has 0 atom stereocenters. The number of rotatable bonds is 3. The number of benzene rings is 1. The van der Waals surface area contributed by atoms with Gasteiger partial charge in [0.2, 0.25) is 0 Å². The summed E-state index contributed by atoms with van der Waals surface area (Å²) in [6.07, 6.45) is -5.09. The second-order valence-corrected chi connectivity index (χ2v) is 6.12. The van der Waals surface area contributed by atoms with Crippen molar-refractivity contribution >= 4 is 17.6 Å². The third-order valence-corrected chi connectivity index (χ3v) is 3.74. The number of ether oxygens (including phenoxy) is 1. The summed E-state index contributed by atoms with van der Waals surface area (Å²) in [4.78, 5) is 12.1. The van der Waals surface area contributed by atoms with Gasteiger partial charge < -0.3 is 4.74 Å². The van der Waals surface area contributed by atoms with Gasteiger partial charge in [0, 0.05) is 18.2 Å². The standard InChI is InChI=1S/C16H15ClF4N2O2/c1-7(2)25-15(24)9-5-10(12(18)6-11(9)17)13-8(3)14(16(19,20)21)23(4)22-13/h5-7H,1-4H3. The third kappa shape index (κ3) is 3.78. The molecule has 0 spiro atoms. The highest BCUT2D eigenvalue weighted by Crippen LogP contribution is 2.37. The van der Waals surface area contributed by atoms with Gasteiger partial charge in [-0.3, -0.25) is 4.68 Å². The second kappa shape index (κ2) is 6.67. The molecule has 2 rings (SSSR count). The molecule has 9 heteroatoms. The van der Waals surface area contributed by atoms with E-state index in [4.69, 9.17) is 16.3 Å². The quantitative estimate of drug-likeness (QED) is 0.570. The van der Waals surface area contributed by atoms with Gasteiger partial charge in [0.05, 0.1) is 22.4 Å². The molecule has 136 valence electrons. The lowest BCUT2D eigenvalue weighted by Gasteiger charge is -2.11. The van der Waals surface area contributed by atoms with E-state index in [0.29, 0.717) is 4.68 Å². The van der Waals surface area contributed by atoms with Crippen molar-refractivity contribution in [3.8, 4) is 11.3 Å². The first-order valence-corrected chi connectivity index (χ1v) is 7.62. The Kier molecular flexibility index (Phi) is 5.13. The number of aromatic nitrogens is 2. The van der Waals surface area contributed by atoms with Crippen molar-refractivity contribution in [2.24, 2.45) is 7.05 Å². The van der Waals surface area contributed by atoms with E-state index in [9.17, 15) is 22.4 Å². The van der Waals surface area contributed by atoms with Gasteiger partial charge in [-0.15, -0.1) is 0 Å². The van der Waals surface area contributed by atoms with Crippen LogP contribution in [0.3, 0.4) is 0 Å². The van der Waals surface area contributed by atoms with Gasteiger partial charge in [-0.25, -0.2) is 9.18 Å². The van der Waals surface area contributed by atoms with Gasteiger partial charge in [-0.05, 0) is 32.9 Å². The second-order valence-electron chi connectivity index (χ2n) is 5.71. The van der Waals surface area contributed by atoms with Crippen molar-refractivity contribution in [3.63, 3.8) is 0 Å². The van der Waals surface area contributed by atoms with Crippen LogP contribution in [0, 0.1) is 12.7 Å². The SMILES string of the molecule is Cc1c(-c2cc(C(=O)OC(C)C)c(Cl)cc2F)nn(C)c1C(F)(F)F. The van der Waals surface area contributed by atoms with Gasteiger partial charge in [0.25, 0.3) is 0 Å². The van der Waals surface area contributed by atoms with Crippen molar-refractivity contribution in [1.82, 2.24) is 9.78 Å². The highest BCUT2D eigenvalue weighted by molar-refractivity contribution is 6.33.